The molecule has 0 fully saturated rings. The highest BCUT2D eigenvalue weighted by atomic mass is 19.4. The first-order chi connectivity index (χ1) is 10.3. The number of benzene rings is 2. The molecule has 0 amide bonds. The number of halogens is 3. The van der Waals surface area contributed by atoms with Gasteiger partial charge in [0, 0.05) is 11.3 Å². The summed E-state index contributed by atoms with van der Waals surface area (Å²) in [6, 6.07) is 9.15. The van der Waals surface area contributed by atoms with E-state index in [1.807, 2.05) is 0 Å². The number of esters is 1. The van der Waals surface area contributed by atoms with Crippen LogP contribution in [0.4, 0.5) is 18.9 Å². The standard InChI is InChI=1S/C16H14F3NO2/c1-2-22-15(21)11-5-8-14(20)13(9-11)10-3-6-12(7-4-10)16(17,18)19/h3-9H,2,20H2,1H3. The fourth-order valence-electron chi connectivity index (χ4n) is 1.99. The van der Waals surface area contributed by atoms with Gasteiger partial charge < -0.3 is 10.5 Å². The molecule has 3 nitrogen and oxygen atoms in total. The molecule has 2 aromatic carbocycles. The zero-order valence-corrected chi connectivity index (χ0v) is 11.8. The largest absolute Gasteiger partial charge is 0.462 e. The van der Waals surface area contributed by atoms with E-state index in [0.29, 0.717) is 22.4 Å². The molecule has 116 valence electrons. The Labute approximate surface area is 125 Å². The summed E-state index contributed by atoms with van der Waals surface area (Å²) in [4.78, 5) is 11.7. The van der Waals surface area contributed by atoms with Crippen molar-refractivity contribution in [3.8, 4) is 11.1 Å². The summed E-state index contributed by atoms with van der Waals surface area (Å²) >= 11 is 0. The molecule has 0 spiro atoms. The normalized spacial score (nSPS) is 11.3. The van der Waals surface area contributed by atoms with Crippen LogP contribution >= 0.6 is 0 Å². The van der Waals surface area contributed by atoms with E-state index in [2.05, 4.69) is 0 Å². The van der Waals surface area contributed by atoms with Gasteiger partial charge in [-0.3, -0.25) is 0 Å². The van der Waals surface area contributed by atoms with E-state index in [1.165, 1.54) is 30.3 Å². The number of carbonyl (C=O) groups is 1. The Morgan fingerprint density at radius 3 is 2.32 bits per heavy atom. The number of alkyl halides is 3. The van der Waals surface area contributed by atoms with E-state index in [4.69, 9.17) is 10.5 Å². The van der Waals surface area contributed by atoms with Crippen molar-refractivity contribution in [1.29, 1.82) is 0 Å². The van der Waals surface area contributed by atoms with Gasteiger partial charge in [0.1, 0.15) is 0 Å². The number of carbonyl (C=O) groups excluding carboxylic acids is 1. The zero-order chi connectivity index (χ0) is 16.3. The molecule has 2 rings (SSSR count). The van der Waals surface area contributed by atoms with Gasteiger partial charge in [-0.2, -0.15) is 13.2 Å². The third-order valence-corrected chi connectivity index (χ3v) is 3.09. The van der Waals surface area contributed by atoms with Crippen LogP contribution < -0.4 is 5.73 Å². The van der Waals surface area contributed by atoms with Crippen molar-refractivity contribution < 1.29 is 22.7 Å². The molecule has 6 heteroatoms. The number of nitrogen functional groups attached to an aromatic ring is 1. The van der Waals surface area contributed by atoms with Crippen molar-refractivity contribution in [3.63, 3.8) is 0 Å². The summed E-state index contributed by atoms with van der Waals surface area (Å²) in [6.07, 6.45) is -4.39. The lowest BCUT2D eigenvalue weighted by Gasteiger charge is -2.11. The number of anilines is 1. The Bertz CT molecular complexity index is 679. The van der Waals surface area contributed by atoms with E-state index in [9.17, 15) is 18.0 Å². The topological polar surface area (TPSA) is 52.3 Å². The molecule has 0 bridgehead atoms. The van der Waals surface area contributed by atoms with Crippen LogP contribution in [0.3, 0.4) is 0 Å². The molecule has 2 aromatic rings. The van der Waals surface area contributed by atoms with Gasteiger partial charge in [-0.1, -0.05) is 12.1 Å². The highest BCUT2D eigenvalue weighted by Crippen LogP contribution is 2.32. The Balaban J connectivity index is 2.39. The predicted octanol–water partition coefficient (Wildman–Crippen LogP) is 4.13. The first-order valence-electron chi connectivity index (χ1n) is 6.57. The van der Waals surface area contributed by atoms with E-state index in [0.717, 1.165) is 12.1 Å². The minimum Gasteiger partial charge on any atom is -0.462 e. The van der Waals surface area contributed by atoms with Crippen molar-refractivity contribution in [1.82, 2.24) is 0 Å². The summed E-state index contributed by atoms with van der Waals surface area (Å²) in [6.45, 7) is 1.92. The smallest absolute Gasteiger partial charge is 0.416 e. The maximum atomic E-state index is 12.6. The van der Waals surface area contributed by atoms with Crippen LogP contribution in [0.2, 0.25) is 0 Å². The van der Waals surface area contributed by atoms with Crippen molar-refractivity contribution in [3.05, 3.63) is 53.6 Å². The number of hydrogen-bond acceptors (Lipinski definition) is 3. The van der Waals surface area contributed by atoms with Crippen LogP contribution in [-0.4, -0.2) is 12.6 Å². The molecular weight excluding hydrogens is 295 g/mol. The predicted molar refractivity (Wildman–Crippen MR) is 77.2 cm³/mol. The molecule has 0 saturated heterocycles. The van der Waals surface area contributed by atoms with Crippen LogP contribution in [0.25, 0.3) is 11.1 Å². The lowest BCUT2D eigenvalue weighted by molar-refractivity contribution is -0.137. The van der Waals surface area contributed by atoms with Crippen LogP contribution in [0.15, 0.2) is 42.5 Å². The number of rotatable bonds is 3. The molecule has 0 heterocycles. The minimum atomic E-state index is -4.39. The van der Waals surface area contributed by atoms with Gasteiger partial charge in [0.25, 0.3) is 0 Å². The highest BCUT2D eigenvalue weighted by Gasteiger charge is 2.30. The molecule has 0 aliphatic heterocycles. The molecule has 22 heavy (non-hydrogen) atoms. The Kier molecular flexibility index (Phi) is 4.40. The van der Waals surface area contributed by atoms with Gasteiger partial charge in [-0.05, 0) is 42.8 Å². The maximum Gasteiger partial charge on any atom is 0.416 e. The Morgan fingerprint density at radius 2 is 1.77 bits per heavy atom. The summed E-state index contributed by atoms with van der Waals surface area (Å²) < 4.78 is 42.6. The Morgan fingerprint density at radius 1 is 1.14 bits per heavy atom. The van der Waals surface area contributed by atoms with Gasteiger partial charge in [0.05, 0.1) is 17.7 Å². The van der Waals surface area contributed by atoms with Gasteiger partial charge in [0.15, 0.2) is 0 Å². The molecule has 0 atom stereocenters. The van der Waals surface area contributed by atoms with Gasteiger partial charge in [-0.25, -0.2) is 4.79 Å². The van der Waals surface area contributed by atoms with Crippen LogP contribution in [0.5, 0.6) is 0 Å². The molecule has 0 unspecified atom stereocenters. The molecule has 0 radical (unpaired) electrons. The molecule has 0 aliphatic carbocycles. The molecular formula is C16H14F3NO2. The average molecular weight is 309 g/mol. The van der Waals surface area contributed by atoms with E-state index < -0.39 is 17.7 Å². The van der Waals surface area contributed by atoms with Crippen molar-refractivity contribution >= 4 is 11.7 Å². The van der Waals surface area contributed by atoms with Crippen molar-refractivity contribution in [2.45, 2.75) is 13.1 Å². The summed E-state index contributed by atoms with van der Waals surface area (Å²) in [5.74, 6) is -0.504. The second-order valence-corrected chi connectivity index (χ2v) is 4.60. The second kappa shape index (κ2) is 6.09. The highest BCUT2D eigenvalue weighted by molar-refractivity contribution is 5.93. The molecule has 0 aliphatic rings. The van der Waals surface area contributed by atoms with Crippen molar-refractivity contribution in [2.75, 3.05) is 12.3 Å². The number of nitrogens with two attached hydrogens (primary N) is 1. The molecule has 0 saturated carbocycles. The first-order valence-corrected chi connectivity index (χ1v) is 6.57. The summed E-state index contributed by atoms with van der Waals surface area (Å²) in [5.41, 5.74) is 6.75. The maximum absolute atomic E-state index is 12.6. The Hall–Kier alpha value is -2.50. The van der Waals surface area contributed by atoms with E-state index >= 15 is 0 Å². The quantitative estimate of drug-likeness (QED) is 0.685. The van der Waals surface area contributed by atoms with Gasteiger partial charge in [0.2, 0.25) is 0 Å². The summed E-state index contributed by atoms with van der Waals surface area (Å²) in [5, 5.41) is 0. The first kappa shape index (κ1) is 15.9. The lowest BCUT2D eigenvalue weighted by atomic mass is 10.00. The second-order valence-electron chi connectivity index (χ2n) is 4.60. The van der Waals surface area contributed by atoms with Crippen LogP contribution in [-0.2, 0) is 10.9 Å². The molecule has 2 N–H and O–H groups in total. The number of hydrogen-bond donors (Lipinski definition) is 1. The zero-order valence-electron chi connectivity index (χ0n) is 11.8. The minimum absolute atomic E-state index is 0.235. The lowest BCUT2D eigenvalue weighted by Crippen LogP contribution is -2.06. The monoisotopic (exact) mass is 309 g/mol. The number of ether oxygens (including phenoxy) is 1. The van der Waals surface area contributed by atoms with E-state index in [1.54, 1.807) is 6.92 Å². The molecule has 0 aromatic heterocycles. The van der Waals surface area contributed by atoms with Gasteiger partial charge >= 0.3 is 12.1 Å². The third kappa shape index (κ3) is 3.39. The average Bonchev–Trinajstić information content (AvgIpc) is 2.47. The summed E-state index contributed by atoms with van der Waals surface area (Å²) in [7, 11) is 0. The van der Waals surface area contributed by atoms with E-state index in [-0.39, 0.29) is 6.61 Å². The van der Waals surface area contributed by atoms with Crippen LogP contribution in [0.1, 0.15) is 22.8 Å². The van der Waals surface area contributed by atoms with Crippen LogP contribution in [0, 0.1) is 0 Å². The third-order valence-electron chi connectivity index (χ3n) is 3.09. The van der Waals surface area contributed by atoms with Gasteiger partial charge in [-0.15, -0.1) is 0 Å². The SMILES string of the molecule is CCOC(=O)c1ccc(N)c(-c2ccc(C(F)(F)F)cc2)c1. The van der Waals surface area contributed by atoms with Crippen molar-refractivity contribution in [2.24, 2.45) is 0 Å². The fraction of sp³-hybridized carbons (Fsp3) is 0.188. The fourth-order valence-corrected chi connectivity index (χ4v) is 1.99.